The number of aliphatic hydroxyl groups is 1. The van der Waals surface area contributed by atoms with Crippen LogP contribution in [-0.4, -0.2) is 16.6 Å². The molecule has 2 aromatic rings. The standard InChI is InChI=1S/C17H16OS2/c18-15(13-7-3-1-4-8-13)17-16(19-11-12-20-17)14-9-5-2-6-10-14/h1-10,15,18H,11-12H2. The van der Waals surface area contributed by atoms with Gasteiger partial charge in [-0.1, -0.05) is 60.7 Å². The van der Waals surface area contributed by atoms with Crippen molar-refractivity contribution < 1.29 is 5.11 Å². The fourth-order valence-corrected chi connectivity index (χ4v) is 4.78. The maximum absolute atomic E-state index is 10.7. The summed E-state index contributed by atoms with van der Waals surface area (Å²) in [5, 5.41) is 10.7. The van der Waals surface area contributed by atoms with Crippen molar-refractivity contribution >= 4 is 28.4 Å². The molecule has 1 atom stereocenters. The van der Waals surface area contributed by atoms with Crippen molar-refractivity contribution in [3.63, 3.8) is 0 Å². The van der Waals surface area contributed by atoms with Crippen molar-refractivity contribution in [2.45, 2.75) is 6.10 Å². The molecule has 0 fully saturated rings. The smallest absolute Gasteiger partial charge is 0.111 e. The Morgan fingerprint density at radius 3 is 2.10 bits per heavy atom. The predicted octanol–water partition coefficient (Wildman–Crippen LogP) is 4.57. The zero-order chi connectivity index (χ0) is 13.8. The second-order valence-corrected chi connectivity index (χ2v) is 6.81. The lowest BCUT2D eigenvalue weighted by molar-refractivity contribution is 0.225. The first-order valence-corrected chi connectivity index (χ1v) is 8.61. The summed E-state index contributed by atoms with van der Waals surface area (Å²) in [5.74, 6) is 2.15. The molecule has 0 radical (unpaired) electrons. The number of benzene rings is 2. The van der Waals surface area contributed by atoms with E-state index >= 15 is 0 Å². The Labute approximate surface area is 128 Å². The van der Waals surface area contributed by atoms with E-state index in [0.717, 1.165) is 22.0 Å². The number of aliphatic hydroxyl groups excluding tert-OH is 1. The van der Waals surface area contributed by atoms with Crippen molar-refractivity contribution in [2.75, 3.05) is 11.5 Å². The third kappa shape index (κ3) is 2.95. The van der Waals surface area contributed by atoms with E-state index in [2.05, 4.69) is 24.3 Å². The number of hydrogen-bond acceptors (Lipinski definition) is 3. The first-order valence-electron chi connectivity index (χ1n) is 6.64. The molecule has 102 valence electrons. The molecule has 0 spiro atoms. The molecule has 0 aliphatic carbocycles. The molecule has 0 aromatic heterocycles. The zero-order valence-corrected chi connectivity index (χ0v) is 12.7. The minimum absolute atomic E-state index is 0.524. The van der Waals surface area contributed by atoms with Crippen LogP contribution in [0.4, 0.5) is 0 Å². The van der Waals surface area contributed by atoms with Crippen molar-refractivity contribution in [3.8, 4) is 0 Å². The van der Waals surface area contributed by atoms with E-state index in [1.807, 2.05) is 48.2 Å². The van der Waals surface area contributed by atoms with E-state index in [1.54, 1.807) is 11.8 Å². The second kappa shape index (κ2) is 6.53. The molecule has 0 saturated carbocycles. The van der Waals surface area contributed by atoms with Crippen LogP contribution in [0.5, 0.6) is 0 Å². The Kier molecular flexibility index (Phi) is 4.51. The lowest BCUT2D eigenvalue weighted by atomic mass is 10.1. The van der Waals surface area contributed by atoms with Crippen LogP contribution < -0.4 is 0 Å². The van der Waals surface area contributed by atoms with E-state index in [4.69, 9.17) is 0 Å². The molecule has 1 nitrogen and oxygen atoms in total. The highest BCUT2D eigenvalue weighted by atomic mass is 32.2. The van der Waals surface area contributed by atoms with Gasteiger partial charge in [0.15, 0.2) is 0 Å². The van der Waals surface area contributed by atoms with Crippen molar-refractivity contribution in [3.05, 3.63) is 76.7 Å². The molecule has 1 aliphatic heterocycles. The summed E-state index contributed by atoms with van der Waals surface area (Å²) in [6, 6.07) is 20.3. The van der Waals surface area contributed by atoms with Gasteiger partial charge >= 0.3 is 0 Å². The SMILES string of the molecule is OC(C1=C(c2ccccc2)SCCS1)c1ccccc1. The summed E-state index contributed by atoms with van der Waals surface area (Å²) in [4.78, 5) is 2.30. The molecule has 0 saturated heterocycles. The number of thioether (sulfide) groups is 2. The highest BCUT2D eigenvalue weighted by Crippen LogP contribution is 2.45. The van der Waals surface area contributed by atoms with E-state index in [0.29, 0.717) is 0 Å². The third-order valence-electron chi connectivity index (χ3n) is 3.21. The Morgan fingerprint density at radius 2 is 1.40 bits per heavy atom. The summed E-state index contributed by atoms with van der Waals surface area (Å²) in [6.07, 6.45) is -0.524. The van der Waals surface area contributed by atoms with Gasteiger partial charge in [0.25, 0.3) is 0 Å². The van der Waals surface area contributed by atoms with E-state index in [9.17, 15) is 5.11 Å². The predicted molar refractivity (Wildman–Crippen MR) is 89.7 cm³/mol. The summed E-state index contributed by atoms with van der Waals surface area (Å²) >= 11 is 3.62. The Hall–Kier alpha value is -1.16. The Balaban J connectivity index is 2.01. The van der Waals surface area contributed by atoms with Crippen LogP contribution in [0.1, 0.15) is 17.2 Å². The maximum atomic E-state index is 10.7. The maximum Gasteiger partial charge on any atom is 0.111 e. The van der Waals surface area contributed by atoms with Gasteiger partial charge in [-0.25, -0.2) is 0 Å². The summed E-state index contributed by atoms with van der Waals surface area (Å²) in [5.41, 5.74) is 2.17. The van der Waals surface area contributed by atoms with Crippen LogP contribution in [0.2, 0.25) is 0 Å². The van der Waals surface area contributed by atoms with Crippen molar-refractivity contribution in [2.24, 2.45) is 0 Å². The van der Waals surface area contributed by atoms with Crippen molar-refractivity contribution in [1.29, 1.82) is 0 Å². The van der Waals surface area contributed by atoms with E-state index < -0.39 is 6.10 Å². The normalized spacial score (nSPS) is 17.1. The molecule has 1 heterocycles. The van der Waals surface area contributed by atoms with Crippen LogP contribution in [-0.2, 0) is 0 Å². The van der Waals surface area contributed by atoms with Gasteiger partial charge in [0, 0.05) is 21.3 Å². The number of hydrogen-bond donors (Lipinski definition) is 1. The Bertz CT molecular complexity index is 593. The lowest BCUT2D eigenvalue weighted by Gasteiger charge is -2.23. The van der Waals surface area contributed by atoms with Gasteiger partial charge < -0.3 is 5.11 Å². The minimum Gasteiger partial charge on any atom is -0.383 e. The topological polar surface area (TPSA) is 20.2 Å². The molecule has 3 rings (SSSR count). The first kappa shape index (κ1) is 13.8. The van der Waals surface area contributed by atoms with Crippen LogP contribution >= 0.6 is 23.5 Å². The van der Waals surface area contributed by atoms with Gasteiger partial charge in [-0.3, -0.25) is 0 Å². The largest absolute Gasteiger partial charge is 0.383 e. The van der Waals surface area contributed by atoms with Gasteiger partial charge in [0.1, 0.15) is 6.10 Å². The van der Waals surface area contributed by atoms with Crippen LogP contribution in [0, 0.1) is 0 Å². The minimum atomic E-state index is -0.524. The molecule has 2 aromatic carbocycles. The van der Waals surface area contributed by atoms with Gasteiger partial charge in [-0.05, 0) is 11.1 Å². The molecule has 1 N–H and O–H groups in total. The van der Waals surface area contributed by atoms with Gasteiger partial charge in [-0.2, -0.15) is 0 Å². The first-order chi connectivity index (χ1) is 9.86. The molecule has 3 heteroatoms. The molecular formula is C17H16OS2. The average molecular weight is 300 g/mol. The second-order valence-electron chi connectivity index (χ2n) is 4.57. The van der Waals surface area contributed by atoms with Crippen LogP contribution in [0.25, 0.3) is 4.91 Å². The summed E-state index contributed by atoms with van der Waals surface area (Å²) in [7, 11) is 0. The van der Waals surface area contributed by atoms with Gasteiger partial charge in [0.2, 0.25) is 0 Å². The fourth-order valence-electron chi connectivity index (χ4n) is 2.24. The zero-order valence-electron chi connectivity index (χ0n) is 11.0. The molecule has 1 aliphatic rings. The average Bonchev–Trinajstić information content (AvgIpc) is 2.56. The highest BCUT2D eigenvalue weighted by Gasteiger charge is 2.22. The molecule has 1 unspecified atom stereocenters. The highest BCUT2D eigenvalue weighted by molar-refractivity contribution is 8.13. The van der Waals surface area contributed by atoms with E-state index in [-0.39, 0.29) is 0 Å². The molecular weight excluding hydrogens is 284 g/mol. The third-order valence-corrected chi connectivity index (χ3v) is 5.90. The summed E-state index contributed by atoms with van der Waals surface area (Å²) < 4.78 is 0. The fraction of sp³-hybridized carbons (Fsp3) is 0.176. The van der Waals surface area contributed by atoms with Crippen LogP contribution in [0.3, 0.4) is 0 Å². The molecule has 0 bridgehead atoms. The van der Waals surface area contributed by atoms with Crippen molar-refractivity contribution in [1.82, 2.24) is 0 Å². The van der Waals surface area contributed by atoms with Gasteiger partial charge in [0.05, 0.1) is 0 Å². The molecule has 0 amide bonds. The summed E-state index contributed by atoms with van der Waals surface area (Å²) in [6.45, 7) is 0. The van der Waals surface area contributed by atoms with Crippen LogP contribution in [0.15, 0.2) is 65.6 Å². The lowest BCUT2D eigenvalue weighted by Crippen LogP contribution is -2.06. The monoisotopic (exact) mass is 300 g/mol. The van der Waals surface area contributed by atoms with Gasteiger partial charge in [-0.15, -0.1) is 23.5 Å². The number of rotatable bonds is 3. The quantitative estimate of drug-likeness (QED) is 0.896. The Morgan fingerprint density at radius 1 is 0.800 bits per heavy atom. The van der Waals surface area contributed by atoms with E-state index in [1.165, 1.54) is 10.5 Å². The molecule has 20 heavy (non-hydrogen) atoms.